The Balaban J connectivity index is 0.00000261. The fraction of sp³-hybridized carbons (Fsp3) is 0.650. The maximum atomic E-state index is 5.99. The van der Waals surface area contributed by atoms with Crippen LogP contribution in [0, 0.1) is 6.92 Å². The number of hydrogen-bond donors (Lipinski definition) is 1. The van der Waals surface area contributed by atoms with Gasteiger partial charge in [-0.25, -0.2) is 0 Å². The first-order chi connectivity index (χ1) is 12.7. The van der Waals surface area contributed by atoms with Gasteiger partial charge in [-0.05, 0) is 32.4 Å². The number of benzene rings is 1. The molecule has 0 radical (unpaired) electrons. The average molecular weight is 488 g/mol. The molecule has 152 valence electrons. The van der Waals surface area contributed by atoms with Crippen LogP contribution in [0.1, 0.15) is 18.9 Å². The predicted molar refractivity (Wildman–Crippen MR) is 120 cm³/mol. The van der Waals surface area contributed by atoms with Crippen LogP contribution in [-0.2, 0) is 4.74 Å². The predicted octanol–water partition coefficient (Wildman–Crippen LogP) is 2.36. The molecule has 2 aliphatic heterocycles. The highest BCUT2D eigenvalue weighted by atomic mass is 127. The van der Waals surface area contributed by atoms with Crippen molar-refractivity contribution in [2.24, 2.45) is 4.99 Å². The summed E-state index contributed by atoms with van der Waals surface area (Å²) in [4.78, 5) is 9.39. The van der Waals surface area contributed by atoms with Crippen LogP contribution in [0.3, 0.4) is 0 Å². The summed E-state index contributed by atoms with van der Waals surface area (Å²) in [5.74, 6) is 1.88. The molecule has 7 heteroatoms. The van der Waals surface area contributed by atoms with Crippen LogP contribution in [-0.4, -0.2) is 80.9 Å². The lowest BCUT2D eigenvalue weighted by molar-refractivity contribution is 0.0194. The summed E-state index contributed by atoms with van der Waals surface area (Å²) in [6, 6.07) is 8.80. The second kappa shape index (κ2) is 11.1. The van der Waals surface area contributed by atoms with E-state index in [0.717, 1.165) is 57.6 Å². The van der Waals surface area contributed by atoms with Crippen LogP contribution in [0.2, 0.25) is 0 Å². The number of halogens is 1. The lowest BCUT2D eigenvalue weighted by atomic mass is 10.2. The van der Waals surface area contributed by atoms with Gasteiger partial charge in [0.25, 0.3) is 0 Å². The van der Waals surface area contributed by atoms with Gasteiger partial charge in [-0.2, -0.15) is 0 Å². The summed E-state index contributed by atoms with van der Waals surface area (Å²) in [5.41, 5.74) is 1.24. The SMILES string of the molecule is CN=C(NCC(C)Oc1ccc(C)cc1)N1CCC(N2CCOCC2)C1.I. The van der Waals surface area contributed by atoms with Crippen molar-refractivity contribution >= 4 is 29.9 Å². The molecule has 3 rings (SSSR count). The van der Waals surface area contributed by atoms with Crippen LogP contribution >= 0.6 is 24.0 Å². The molecule has 2 atom stereocenters. The Kier molecular flexibility index (Phi) is 9.11. The van der Waals surface area contributed by atoms with Gasteiger partial charge in [-0.15, -0.1) is 24.0 Å². The zero-order valence-corrected chi connectivity index (χ0v) is 19.0. The first kappa shape index (κ1) is 22.2. The van der Waals surface area contributed by atoms with E-state index in [1.54, 1.807) is 0 Å². The van der Waals surface area contributed by atoms with Crippen molar-refractivity contribution in [3.8, 4) is 5.75 Å². The van der Waals surface area contributed by atoms with Gasteiger partial charge in [0.1, 0.15) is 11.9 Å². The first-order valence-electron chi connectivity index (χ1n) is 9.66. The minimum atomic E-state index is 0. The zero-order valence-electron chi connectivity index (χ0n) is 16.7. The van der Waals surface area contributed by atoms with Gasteiger partial charge in [0.15, 0.2) is 5.96 Å². The second-order valence-electron chi connectivity index (χ2n) is 7.21. The molecule has 0 aromatic heterocycles. The molecule has 6 nitrogen and oxygen atoms in total. The monoisotopic (exact) mass is 488 g/mol. The summed E-state index contributed by atoms with van der Waals surface area (Å²) in [5, 5.41) is 3.47. The molecule has 2 fully saturated rings. The van der Waals surface area contributed by atoms with Crippen LogP contribution in [0.5, 0.6) is 5.75 Å². The molecule has 0 amide bonds. The molecule has 0 bridgehead atoms. The quantitative estimate of drug-likeness (QED) is 0.392. The molecule has 0 saturated carbocycles. The molecule has 2 heterocycles. The number of ether oxygens (including phenoxy) is 2. The third-order valence-electron chi connectivity index (χ3n) is 5.14. The molecule has 0 spiro atoms. The van der Waals surface area contributed by atoms with E-state index in [1.807, 2.05) is 19.2 Å². The maximum absolute atomic E-state index is 5.99. The zero-order chi connectivity index (χ0) is 18.4. The lowest BCUT2D eigenvalue weighted by Gasteiger charge is -2.32. The molecule has 0 aliphatic carbocycles. The third-order valence-corrected chi connectivity index (χ3v) is 5.14. The number of morpholine rings is 1. The first-order valence-corrected chi connectivity index (χ1v) is 9.66. The van der Waals surface area contributed by atoms with Crippen molar-refractivity contribution < 1.29 is 9.47 Å². The van der Waals surface area contributed by atoms with Gasteiger partial charge < -0.3 is 19.7 Å². The number of hydrogen-bond acceptors (Lipinski definition) is 4. The van der Waals surface area contributed by atoms with Crippen molar-refractivity contribution in [2.45, 2.75) is 32.4 Å². The van der Waals surface area contributed by atoms with E-state index in [1.165, 1.54) is 12.0 Å². The van der Waals surface area contributed by atoms with E-state index in [0.29, 0.717) is 6.04 Å². The molecule has 2 unspecified atom stereocenters. The minimum absolute atomic E-state index is 0. The highest BCUT2D eigenvalue weighted by Crippen LogP contribution is 2.17. The number of nitrogens with one attached hydrogen (secondary N) is 1. The lowest BCUT2D eigenvalue weighted by Crippen LogP contribution is -2.47. The molecular weight excluding hydrogens is 455 g/mol. The Bertz CT molecular complexity index is 590. The molecule has 1 N–H and O–H groups in total. The molecule has 2 saturated heterocycles. The van der Waals surface area contributed by atoms with Crippen LogP contribution in [0.4, 0.5) is 0 Å². The Morgan fingerprint density at radius 1 is 1.26 bits per heavy atom. The summed E-state index contributed by atoms with van der Waals surface area (Å²) < 4.78 is 11.5. The van der Waals surface area contributed by atoms with E-state index < -0.39 is 0 Å². The summed E-state index contributed by atoms with van der Waals surface area (Å²) in [6.07, 6.45) is 1.27. The average Bonchev–Trinajstić information content (AvgIpc) is 3.15. The van der Waals surface area contributed by atoms with Gasteiger partial charge in [0.05, 0.1) is 19.8 Å². The summed E-state index contributed by atoms with van der Waals surface area (Å²) in [7, 11) is 1.86. The van der Waals surface area contributed by atoms with Gasteiger partial charge in [-0.1, -0.05) is 17.7 Å². The number of likely N-dealkylation sites (tertiary alicyclic amines) is 1. The van der Waals surface area contributed by atoms with Crippen LogP contribution in [0.25, 0.3) is 0 Å². The summed E-state index contributed by atoms with van der Waals surface area (Å²) in [6.45, 7) is 10.8. The van der Waals surface area contributed by atoms with Gasteiger partial charge in [0.2, 0.25) is 0 Å². The van der Waals surface area contributed by atoms with Crippen molar-refractivity contribution in [3.05, 3.63) is 29.8 Å². The number of guanidine groups is 1. The second-order valence-corrected chi connectivity index (χ2v) is 7.21. The number of aryl methyl sites for hydroxylation is 1. The topological polar surface area (TPSA) is 49.3 Å². The molecule has 2 aliphatic rings. The molecule has 1 aromatic rings. The minimum Gasteiger partial charge on any atom is -0.489 e. The Hall–Kier alpha value is -1.06. The van der Waals surface area contributed by atoms with Gasteiger partial charge >= 0.3 is 0 Å². The van der Waals surface area contributed by atoms with E-state index in [-0.39, 0.29) is 30.1 Å². The fourth-order valence-corrected chi connectivity index (χ4v) is 3.63. The number of rotatable bonds is 5. The standard InChI is InChI=1S/C20H32N4O2.HI/c1-16-4-6-19(7-5-16)26-17(2)14-22-20(21-3)24-9-8-18(15-24)23-10-12-25-13-11-23;/h4-7,17-18H,8-15H2,1-3H3,(H,21,22);1H. The Morgan fingerprint density at radius 2 is 1.96 bits per heavy atom. The van der Waals surface area contributed by atoms with E-state index >= 15 is 0 Å². The third kappa shape index (κ3) is 6.50. The number of nitrogens with zero attached hydrogens (tertiary/aromatic N) is 3. The fourth-order valence-electron chi connectivity index (χ4n) is 3.63. The Labute approximate surface area is 180 Å². The number of aliphatic imine (C=N–C) groups is 1. The van der Waals surface area contributed by atoms with E-state index in [9.17, 15) is 0 Å². The van der Waals surface area contributed by atoms with Gasteiger partial charge in [0, 0.05) is 39.3 Å². The highest BCUT2D eigenvalue weighted by molar-refractivity contribution is 14.0. The largest absolute Gasteiger partial charge is 0.489 e. The molecule has 1 aromatic carbocycles. The van der Waals surface area contributed by atoms with E-state index in [2.05, 4.69) is 46.1 Å². The van der Waals surface area contributed by atoms with Gasteiger partial charge in [-0.3, -0.25) is 9.89 Å². The van der Waals surface area contributed by atoms with Crippen LogP contribution in [0.15, 0.2) is 29.3 Å². The van der Waals surface area contributed by atoms with Crippen LogP contribution < -0.4 is 10.1 Å². The van der Waals surface area contributed by atoms with Crippen molar-refractivity contribution in [1.82, 2.24) is 15.1 Å². The van der Waals surface area contributed by atoms with Crippen molar-refractivity contribution in [2.75, 3.05) is 53.0 Å². The smallest absolute Gasteiger partial charge is 0.193 e. The Morgan fingerprint density at radius 3 is 2.63 bits per heavy atom. The normalized spacial score (nSPS) is 22.3. The maximum Gasteiger partial charge on any atom is 0.193 e. The molecular formula is C20H33IN4O2. The summed E-state index contributed by atoms with van der Waals surface area (Å²) >= 11 is 0. The van der Waals surface area contributed by atoms with E-state index in [4.69, 9.17) is 9.47 Å². The van der Waals surface area contributed by atoms with Crippen molar-refractivity contribution in [3.63, 3.8) is 0 Å². The molecule has 27 heavy (non-hydrogen) atoms. The van der Waals surface area contributed by atoms with Crippen molar-refractivity contribution in [1.29, 1.82) is 0 Å². The highest BCUT2D eigenvalue weighted by Gasteiger charge is 2.30.